The highest BCUT2D eigenvalue weighted by Gasteiger charge is 2.08. The summed E-state index contributed by atoms with van der Waals surface area (Å²) in [5.41, 5.74) is 2.13. The quantitative estimate of drug-likeness (QED) is 0.652. The summed E-state index contributed by atoms with van der Waals surface area (Å²) in [5.74, 6) is 1.91. The Morgan fingerprint density at radius 1 is 1.07 bits per heavy atom. The molecule has 0 bridgehead atoms. The molecule has 0 radical (unpaired) electrons. The maximum absolute atomic E-state index is 11.4. The first-order chi connectivity index (χ1) is 13.1. The molecule has 0 saturated heterocycles. The van der Waals surface area contributed by atoms with Gasteiger partial charge in [-0.3, -0.25) is 4.79 Å². The van der Waals surface area contributed by atoms with Crippen molar-refractivity contribution in [2.75, 3.05) is 26.9 Å². The minimum absolute atomic E-state index is 0.137. The summed E-state index contributed by atoms with van der Waals surface area (Å²) in [6.45, 7) is 3.26. The van der Waals surface area contributed by atoms with Crippen molar-refractivity contribution in [2.45, 2.75) is 19.8 Å². The highest BCUT2D eigenvalue weighted by atomic mass is 16.5. The molecule has 1 amide bonds. The Morgan fingerprint density at radius 3 is 2.48 bits per heavy atom. The second-order valence-electron chi connectivity index (χ2n) is 5.92. The standard InChI is InChI=1S/C21H24N2O4/c1-16-3-6-18(7-4-16)26-13-14-27-20-15-19(25-2)8-5-17(20)10-12-23-21(24)9-11-22/h3-8,15H,9-10,12-14H2,1-2H3,(H,23,24). The van der Waals surface area contributed by atoms with E-state index in [4.69, 9.17) is 19.5 Å². The number of methoxy groups -OCH3 is 1. The summed E-state index contributed by atoms with van der Waals surface area (Å²) >= 11 is 0. The molecule has 0 aromatic heterocycles. The van der Waals surface area contributed by atoms with Crippen molar-refractivity contribution in [1.29, 1.82) is 5.26 Å². The van der Waals surface area contributed by atoms with Gasteiger partial charge in [0.1, 0.15) is 36.9 Å². The third kappa shape index (κ3) is 6.90. The lowest BCUT2D eigenvalue weighted by atomic mass is 10.1. The van der Waals surface area contributed by atoms with Crippen LogP contribution in [0, 0.1) is 18.3 Å². The normalized spacial score (nSPS) is 9.96. The number of rotatable bonds is 10. The molecule has 0 unspecified atom stereocenters. The molecule has 2 aromatic rings. The summed E-state index contributed by atoms with van der Waals surface area (Å²) in [7, 11) is 1.60. The van der Waals surface area contributed by atoms with E-state index in [1.54, 1.807) is 7.11 Å². The Bertz CT molecular complexity index is 782. The molecule has 27 heavy (non-hydrogen) atoms. The fourth-order valence-corrected chi connectivity index (χ4v) is 2.42. The Kier molecular flexibility index (Phi) is 7.98. The Labute approximate surface area is 159 Å². The lowest BCUT2D eigenvalue weighted by molar-refractivity contribution is -0.120. The molecule has 6 nitrogen and oxygen atoms in total. The largest absolute Gasteiger partial charge is 0.497 e. The van der Waals surface area contributed by atoms with Gasteiger partial charge in [0, 0.05) is 12.6 Å². The molecule has 2 rings (SSSR count). The summed E-state index contributed by atoms with van der Waals surface area (Å²) < 4.78 is 16.8. The molecule has 0 aliphatic rings. The summed E-state index contributed by atoms with van der Waals surface area (Å²) in [6.07, 6.45) is 0.456. The third-order valence-electron chi connectivity index (χ3n) is 3.86. The zero-order valence-corrected chi connectivity index (χ0v) is 15.7. The number of aryl methyl sites for hydroxylation is 1. The first-order valence-electron chi connectivity index (χ1n) is 8.75. The van der Waals surface area contributed by atoms with Crippen molar-refractivity contribution in [1.82, 2.24) is 5.32 Å². The van der Waals surface area contributed by atoms with E-state index in [9.17, 15) is 4.79 Å². The predicted molar refractivity (Wildman–Crippen MR) is 102 cm³/mol. The van der Waals surface area contributed by atoms with Gasteiger partial charge in [0.25, 0.3) is 0 Å². The van der Waals surface area contributed by atoms with Gasteiger partial charge in [-0.05, 0) is 37.1 Å². The fourth-order valence-electron chi connectivity index (χ4n) is 2.42. The van der Waals surface area contributed by atoms with Crippen molar-refractivity contribution in [3.8, 4) is 23.3 Å². The van der Waals surface area contributed by atoms with Gasteiger partial charge in [-0.2, -0.15) is 5.26 Å². The molecule has 0 saturated carbocycles. The Balaban J connectivity index is 1.88. The average molecular weight is 368 g/mol. The van der Waals surface area contributed by atoms with Crippen LogP contribution < -0.4 is 19.5 Å². The highest BCUT2D eigenvalue weighted by molar-refractivity contribution is 5.77. The molecule has 0 spiro atoms. The number of benzene rings is 2. The van der Waals surface area contributed by atoms with E-state index in [-0.39, 0.29) is 12.3 Å². The summed E-state index contributed by atoms with van der Waals surface area (Å²) in [5, 5.41) is 11.2. The highest BCUT2D eigenvalue weighted by Crippen LogP contribution is 2.25. The maximum atomic E-state index is 11.4. The van der Waals surface area contributed by atoms with Gasteiger partial charge in [0.2, 0.25) is 5.91 Å². The molecule has 0 fully saturated rings. The lowest BCUT2D eigenvalue weighted by Gasteiger charge is -2.14. The molecule has 1 N–H and O–H groups in total. The van der Waals surface area contributed by atoms with Gasteiger partial charge in [-0.1, -0.05) is 23.8 Å². The van der Waals surface area contributed by atoms with E-state index in [0.717, 1.165) is 11.3 Å². The number of nitrogens with zero attached hydrogens (tertiary/aromatic N) is 1. The topological polar surface area (TPSA) is 80.6 Å². The monoisotopic (exact) mass is 368 g/mol. The number of carbonyl (C=O) groups excluding carboxylic acids is 1. The number of ether oxygens (including phenoxy) is 3. The fraction of sp³-hybridized carbons (Fsp3) is 0.333. The first-order valence-corrected chi connectivity index (χ1v) is 8.75. The number of amides is 1. The van der Waals surface area contributed by atoms with Crippen LogP contribution in [0.4, 0.5) is 0 Å². The maximum Gasteiger partial charge on any atom is 0.234 e. The average Bonchev–Trinajstić information content (AvgIpc) is 2.67. The molecule has 0 aliphatic heterocycles. The van der Waals surface area contributed by atoms with Gasteiger partial charge < -0.3 is 19.5 Å². The number of hydrogen-bond donors (Lipinski definition) is 1. The van der Waals surface area contributed by atoms with Crippen molar-refractivity contribution in [2.24, 2.45) is 0 Å². The van der Waals surface area contributed by atoms with E-state index in [0.29, 0.717) is 37.7 Å². The van der Waals surface area contributed by atoms with Crippen LogP contribution in [-0.2, 0) is 11.2 Å². The minimum atomic E-state index is -0.278. The van der Waals surface area contributed by atoms with E-state index in [1.807, 2.05) is 55.5 Å². The molecular formula is C21H24N2O4. The van der Waals surface area contributed by atoms with E-state index >= 15 is 0 Å². The van der Waals surface area contributed by atoms with Crippen LogP contribution in [0.1, 0.15) is 17.5 Å². The van der Waals surface area contributed by atoms with Crippen molar-refractivity contribution in [3.63, 3.8) is 0 Å². The first kappa shape index (κ1) is 20.1. The number of carbonyl (C=O) groups is 1. The second kappa shape index (κ2) is 10.7. The van der Waals surface area contributed by atoms with Gasteiger partial charge >= 0.3 is 0 Å². The second-order valence-corrected chi connectivity index (χ2v) is 5.92. The molecule has 0 aliphatic carbocycles. The summed E-state index contributed by atoms with van der Waals surface area (Å²) in [4.78, 5) is 11.4. The van der Waals surface area contributed by atoms with Crippen LogP contribution in [0.25, 0.3) is 0 Å². The number of nitrogens with one attached hydrogen (secondary N) is 1. The third-order valence-corrected chi connectivity index (χ3v) is 3.86. The van der Waals surface area contributed by atoms with Crippen LogP contribution in [0.15, 0.2) is 42.5 Å². The van der Waals surface area contributed by atoms with Crippen molar-refractivity contribution in [3.05, 3.63) is 53.6 Å². The zero-order chi connectivity index (χ0) is 19.5. The van der Waals surface area contributed by atoms with Crippen LogP contribution >= 0.6 is 0 Å². The number of hydrogen-bond acceptors (Lipinski definition) is 5. The molecule has 0 atom stereocenters. The molecule has 142 valence electrons. The van der Waals surface area contributed by atoms with Crippen LogP contribution in [0.3, 0.4) is 0 Å². The van der Waals surface area contributed by atoms with Gasteiger partial charge in [-0.25, -0.2) is 0 Å². The van der Waals surface area contributed by atoms with Crippen LogP contribution in [0.5, 0.6) is 17.2 Å². The Hall–Kier alpha value is -3.20. The molecule has 6 heteroatoms. The minimum Gasteiger partial charge on any atom is -0.497 e. The number of nitriles is 1. The molecular weight excluding hydrogens is 344 g/mol. The van der Waals surface area contributed by atoms with Gasteiger partial charge in [-0.15, -0.1) is 0 Å². The van der Waals surface area contributed by atoms with Crippen molar-refractivity contribution < 1.29 is 19.0 Å². The smallest absolute Gasteiger partial charge is 0.234 e. The van der Waals surface area contributed by atoms with E-state index in [2.05, 4.69) is 5.32 Å². The van der Waals surface area contributed by atoms with E-state index in [1.165, 1.54) is 5.56 Å². The van der Waals surface area contributed by atoms with Gasteiger partial charge in [0.05, 0.1) is 13.2 Å². The Morgan fingerprint density at radius 2 is 1.78 bits per heavy atom. The summed E-state index contributed by atoms with van der Waals surface area (Å²) in [6, 6.07) is 15.2. The van der Waals surface area contributed by atoms with Crippen molar-refractivity contribution >= 4 is 5.91 Å². The predicted octanol–water partition coefficient (Wildman–Crippen LogP) is 3.03. The van der Waals surface area contributed by atoms with E-state index < -0.39 is 0 Å². The van der Waals surface area contributed by atoms with Crippen LogP contribution in [-0.4, -0.2) is 32.8 Å². The van der Waals surface area contributed by atoms with Crippen LogP contribution in [0.2, 0.25) is 0 Å². The molecule has 2 aromatic carbocycles. The van der Waals surface area contributed by atoms with Gasteiger partial charge in [0.15, 0.2) is 0 Å². The lowest BCUT2D eigenvalue weighted by Crippen LogP contribution is -2.25. The zero-order valence-electron chi connectivity index (χ0n) is 15.7. The molecule has 0 heterocycles. The SMILES string of the molecule is COc1ccc(CCNC(=O)CC#N)c(OCCOc2ccc(C)cc2)c1.